The fourth-order valence-corrected chi connectivity index (χ4v) is 3.09. The zero-order valence-corrected chi connectivity index (χ0v) is 14.4. The summed E-state index contributed by atoms with van der Waals surface area (Å²) < 4.78 is 0. The van der Waals surface area contributed by atoms with Crippen molar-refractivity contribution in [1.82, 2.24) is 4.98 Å². The van der Waals surface area contributed by atoms with Gasteiger partial charge in [0.25, 0.3) is 5.91 Å². The van der Waals surface area contributed by atoms with Gasteiger partial charge < -0.3 is 5.32 Å². The van der Waals surface area contributed by atoms with Crippen molar-refractivity contribution in [3.63, 3.8) is 0 Å². The first-order valence-corrected chi connectivity index (χ1v) is 8.53. The van der Waals surface area contributed by atoms with E-state index in [4.69, 9.17) is 0 Å². The maximum absolute atomic E-state index is 12.6. The average molecular weight is 338 g/mol. The van der Waals surface area contributed by atoms with Crippen molar-refractivity contribution in [3.05, 3.63) is 96.2 Å². The second-order valence-electron chi connectivity index (χ2n) is 6.26. The van der Waals surface area contributed by atoms with Crippen molar-refractivity contribution in [3.8, 4) is 11.1 Å². The first kappa shape index (κ1) is 16.0. The van der Waals surface area contributed by atoms with E-state index in [1.165, 1.54) is 0 Å². The predicted octanol–water partition coefficient (Wildman–Crippen LogP) is 5.46. The summed E-state index contributed by atoms with van der Waals surface area (Å²) in [6.07, 6.45) is 1.75. The van der Waals surface area contributed by atoms with Crippen LogP contribution in [0.3, 0.4) is 0 Å². The third-order valence-electron chi connectivity index (χ3n) is 4.44. The van der Waals surface area contributed by atoms with Gasteiger partial charge in [0.05, 0.1) is 5.52 Å². The molecule has 4 aromatic rings. The lowest BCUT2D eigenvalue weighted by Gasteiger charge is -2.10. The molecule has 0 bridgehead atoms. The van der Waals surface area contributed by atoms with E-state index >= 15 is 0 Å². The number of carbonyl (C=O) groups excluding carboxylic acids is 1. The molecule has 0 radical (unpaired) electrons. The van der Waals surface area contributed by atoms with E-state index in [2.05, 4.69) is 22.4 Å². The van der Waals surface area contributed by atoms with Gasteiger partial charge in [0, 0.05) is 22.8 Å². The summed E-state index contributed by atoms with van der Waals surface area (Å²) in [5.41, 5.74) is 5.61. The Balaban J connectivity index is 1.58. The molecule has 0 spiro atoms. The van der Waals surface area contributed by atoms with E-state index < -0.39 is 0 Å². The van der Waals surface area contributed by atoms with Crippen LogP contribution in [0.25, 0.3) is 22.0 Å². The van der Waals surface area contributed by atoms with Crippen molar-refractivity contribution < 1.29 is 4.79 Å². The predicted molar refractivity (Wildman–Crippen MR) is 106 cm³/mol. The number of carbonyl (C=O) groups is 1. The molecule has 3 aromatic carbocycles. The van der Waals surface area contributed by atoms with Gasteiger partial charge in [-0.3, -0.25) is 9.78 Å². The van der Waals surface area contributed by atoms with Gasteiger partial charge in [0.1, 0.15) is 0 Å². The number of pyridine rings is 1. The van der Waals surface area contributed by atoms with Crippen molar-refractivity contribution >= 4 is 22.5 Å². The minimum absolute atomic E-state index is 0.122. The number of hydrogen-bond donors (Lipinski definition) is 1. The fraction of sp³-hybridized carbons (Fsp3) is 0.0435. The van der Waals surface area contributed by atoms with Crippen LogP contribution >= 0.6 is 0 Å². The Kier molecular flexibility index (Phi) is 4.20. The lowest BCUT2D eigenvalue weighted by atomic mass is 9.98. The van der Waals surface area contributed by atoms with Crippen LogP contribution in [0.5, 0.6) is 0 Å². The smallest absolute Gasteiger partial charge is 0.255 e. The molecule has 0 atom stereocenters. The van der Waals surface area contributed by atoms with Crippen LogP contribution in [0.2, 0.25) is 0 Å². The summed E-state index contributed by atoms with van der Waals surface area (Å²) in [5.74, 6) is -0.122. The van der Waals surface area contributed by atoms with E-state index in [1.54, 1.807) is 6.20 Å². The summed E-state index contributed by atoms with van der Waals surface area (Å²) in [6, 6.07) is 25.6. The Bertz CT molecular complexity index is 1090. The second kappa shape index (κ2) is 6.81. The number of hydrogen-bond acceptors (Lipinski definition) is 2. The molecule has 0 fully saturated rings. The SMILES string of the molecule is Cc1cc(C(=O)Nc2ccc3cccnc3c2)ccc1-c1ccccc1. The topological polar surface area (TPSA) is 42.0 Å². The van der Waals surface area contributed by atoms with Crippen molar-refractivity contribution in [2.24, 2.45) is 0 Å². The van der Waals surface area contributed by atoms with E-state index in [0.717, 1.165) is 33.3 Å². The molecular formula is C23H18N2O. The summed E-state index contributed by atoms with van der Waals surface area (Å²) in [4.78, 5) is 16.9. The number of aromatic nitrogens is 1. The number of amides is 1. The highest BCUT2D eigenvalue weighted by Gasteiger charge is 2.10. The zero-order valence-electron chi connectivity index (χ0n) is 14.4. The minimum atomic E-state index is -0.122. The normalized spacial score (nSPS) is 10.7. The first-order chi connectivity index (χ1) is 12.7. The van der Waals surface area contributed by atoms with Gasteiger partial charge in [-0.25, -0.2) is 0 Å². The van der Waals surface area contributed by atoms with E-state index in [0.29, 0.717) is 5.56 Å². The summed E-state index contributed by atoms with van der Waals surface area (Å²) in [6.45, 7) is 2.03. The molecule has 1 heterocycles. The van der Waals surface area contributed by atoms with Crippen molar-refractivity contribution in [1.29, 1.82) is 0 Å². The Morgan fingerprint density at radius 2 is 1.73 bits per heavy atom. The Labute approximate surface area is 152 Å². The first-order valence-electron chi connectivity index (χ1n) is 8.53. The maximum Gasteiger partial charge on any atom is 0.255 e. The maximum atomic E-state index is 12.6. The van der Waals surface area contributed by atoms with Crippen LogP contribution in [0.1, 0.15) is 15.9 Å². The molecule has 1 N–H and O–H groups in total. The second-order valence-corrected chi connectivity index (χ2v) is 6.26. The number of nitrogens with one attached hydrogen (secondary N) is 1. The number of benzene rings is 3. The van der Waals surface area contributed by atoms with Crippen LogP contribution < -0.4 is 5.32 Å². The number of aryl methyl sites for hydroxylation is 1. The minimum Gasteiger partial charge on any atom is -0.322 e. The molecule has 126 valence electrons. The van der Waals surface area contributed by atoms with E-state index in [-0.39, 0.29) is 5.91 Å². The molecule has 26 heavy (non-hydrogen) atoms. The Hall–Kier alpha value is -3.46. The molecule has 1 amide bonds. The number of fused-ring (bicyclic) bond motifs is 1. The molecule has 0 unspecified atom stereocenters. The van der Waals surface area contributed by atoms with Gasteiger partial charge in [-0.2, -0.15) is 0 Å². The summed E-state index contributed by atoms with van der Waals surface area (Å²) >= 11 is 0. The standard InChI is InChI=1S/C23H18N2O/c1-16-14-19(10-12-21(16)17-6-3-2-4-7-17)23(26)25-20-11-9-18-8-5-13-24-22(18)15-20/h2-15H,1H3,(H,25,26). The quantitative estimate of drug-likeness (QED) is 0.539. The highest BCUT2D eigenvalue weighted by Crippen LogP contribution is 2.24. The Morgan fingerprint density at radius 1 is 0.885 bits per heavy atom. The molecule has 3 heteroatoms. The highest BCUT2D eigenvalue weighted by atomic mass is 16.1. The van der Waals surface area contributed by atoms with Gasteiger partial charge in [0.15, 0.2) is 0 Å². The van der Waals surface area contributed by atoms with E-state index in [9.17, 15) is 4.79 Å². The Morgan fingerprint density at radius 3 is 2.54 bits per heavy atom. The molecule has 0 aliphatic rings. The van der Waals surface area contributed by atoms with E-state index in [1.807, 2.05) is 73.7 Å². The molecule has 0 saturated heterocycles. The van der Waals surface area contributed by atoms with Crippen LogP contribution in [0, 0.1) is 6.92 Å². The van der Waals surface area contributed by atoms with Gasteiger partial charge >= 0.3 is 0 Å². The molecule has 0 aliphatic heterocycles. The monoisotopic (exact) mass is 338 g/mol. The molecule has 0 saturated carbocycles. The van der Waals surface area contributed by atoms with Gasteiger partial charge in [-0.05, 0) is 53.9 Å². The third-order valence-corrected chi connectivity index (χ3v) is 4.44. The van der Waals surface area contributed by atoms with Crippen LogP contribution in [0.15, 0.2) is 85.1 Å². The molecule has 4 rings (SSSR count). The molecule has 0 aliphatic carbocycles. The number of nitrogens with zero attached hydrogens (tertiary/aromatic N) is 1. The molecule has 3 nitrogen and oxygen atoms in total. The molecule has 1 aromatic heterocycles. The largest absolute Gasteiger partial charge is 0.322 e. The highest BCUT2D eigenvalue weighted by molar-refractivity contribution is 6.05. The van der Waals surface area contributed by atoms with Gasteiger partial charge in [-0.15, -0.1) is 0 Å². The van der Waals surface area contributed by atoms with Crippen LogP contribution in [0.4, 0.5) is 5.69 Å². The zero-order chi connectivity index (χ0) is 17.9. The van der Waals surface area contributed by atoms with Crippen molar-refractivity contribution in [2.75, 3.05) is 5.32 Å². The van der Waals surface area contributed by atoms with Gasteiger partial charge in [0.2, 0.25) is 0 Å². The summed E-state index contributed by atoms with van der Waals surface area (Å²) in [7, 11) is 0. The number of anilines is 1. The van der Waals surface area contributed by atoms with Crippen molar-refractivity contribution in [2.45, 2.75) is 6.92 Å². The summed E-state index contributed by atoms with van der Waals surface area (Å²) in [5, 5.41) is 4.01. The van der Waals surface area contributed by atoms with Crippen LogP contribution in [-0.2, 0) is 0 Å². The fourth-order valence-electron chi connectivity index (χ4n) is 3.09. The van der Waals surface area contributed by atoms with Gasteiger partial charge in [-0.1, -0.05) is 48.5 Å². The number of rotatable bonds is 3. The molecular weight excluding hydrogens is 320 g/mol. The lowest BCUT2D eigenvalue weighted by Crippen LogP contribution is -2.12. The lowest BCUT2D eigenvalue weighted by molar-refractivity contribution is 0.102. The third kappa shape index (κ3) is 3.20. The van der Waals surface area contributed by atoms with Crippen LogP contribution in [-0.4, -0.2) is 10.9 Å². The average Bonchev–Trinajstić information content (AvgIpc) is 2.68.